The molecule has 1 saturated heterocycles. The van der Waals surface area contributed by atoms with Crippen molar-refractivity contribution in [3.05, 3.63) is 53.9 Å². The molecule has 1 fully saturated rings. The van der Waals surface area contributed by atoms with Crippen LogP contribution in [-0.4, -0.2) is 72.5 Å². The van der Waals surface area contributed by atoms with Crippen molar-refractivity contribution >= 4 is 41.8 Å². The highest BCUT2D eigenvalue weighted by Gasteiger charge is 2.24. The number of fused-ring (bicyclic) bond motifs is 1. The SMILES string of the molecule is CN(C)C(=O)CN=C(NC1CCN(c2ncccn2)CC1)NC1CCc2ccccc2C1.I. The van der Waals surface area contributed by atoms with Crippen molar-refractivity contribution < 1.29 is 4.79 Å². The van der Waals surface area contributed by atoms with Gasteiger partial charge in [0.25, 0.3) is 0 Å². The lowest BCUT2D eigenvalue weighted by molar-refractivity contribution is -0.127. The van der Waals surface area contributed by atoms with Crippen LogP contribution < -0.4 is 15.5 Å². The lowest BCUT2D eigenvalue weighted by Gasteiger charge is -2.34. The lowest BCUT2D eigenvalue weighted by atomic mass is 9.88. The second-order valence-corrected chi connectivity index (χ2v) is 8.76. The fourth-order valence-corrected chi connectivity index (χ4v) is 4.31. The lowest BCUT2D eigenvalue weighted by Crippen LogP contribution is -2.52. The molecular weight excluding hydrogens is 529 g/mol. The van der Waals surface area contributed by atoms with Crippen molar-refractivity contribution in [2.45, 2.75) is 44.2 Å². The summed E-state index contributed by atoms with van der Waals surface area (Å²) in [6.45, 7) is 1.92. The highest BCUT2D eigenvalue weighted by molar-refractivity contribution is 14.0. The molecule has 8 nitrogen and oxygen atoms in total. The largest absolute Gasteiger partial charge is 0.354 e. The average Bonchev–Trinajstić information content (AvgIpc) is 2.83. The summed E-state index contributed by atoms with van der Waals surface area (Å²) >= 11 is 0. The molecule has 1 aliphatic carbocycles. The first-order valence-electron chi connectivity index (χ1n) is 11.4. The van der Waals surface area contributed by atoms with Gasteiger partial charge in [-0.1, -0.05) is 24.3 Å². The summed E-state index contributed by atoms with van der Waals surface area (Å²) in [5, 5.41) is 7.21. The van der Waals surface area contributed by atoms with Crippen molar-refractivity contribution in [3.63, 3.8) is 0 Å². The van der Waals surface area contributed by atoms with Gasteiger partial charge >= 0.3 is 0 Å². The second kappa shape index (κ2) is 12.2. The van der Waals surface area contributed by atoms with Crippen LogP contribution in [0.3, 0.4) is 0 Å². The van der Waals surface area contributed by atoms with Crippen LogP contribution in [-0.2, 0) is 17.6 Å². The van der Waals surface area contributed by atoms with E-state index in [0.29, 0.717) is 12.1 Å². The molecule has 1 aliphatic heterocycles. The maximum Gasteiger partial charge on any atom is 0.243 e. The summed E-state index contributed by atoms with van der Waals surface area (Å²) in [5.74, 6) is 1.52. The minimum absolute atomic E-state index is 0. The predicted molar refractivity (Wildman–Crippen MR) is 142 cm³/mol. The normalized spacial score (nSPS) is 18.7. The molecule has 0 saturated carbocycles. The van der Waals surface area contributed by atoms with E-state index >= 15 is 0 Å². The number of hydrogen-bond acceptors (Lipinski definition) is 5. The highest BCUT2D eigenvalue weighted by Crippen LogP contribution is 2.21. The fourth-order valence-electron chi connectivity index (χ4n) is 4.31. The molecule has 1 unspecified atom stereocenters. The van der Waals surface area contributed by atoms with Crippen LogP contribution in [0.25, 0.3) is 0 Å². The topological polar surface area (TPSA) is 85.8 Å². The minimum Gasteiger partial charge on any atom is -0.354 e. The maximum absolute atomic E-state index is 12.1. The van der Waals surface area contributed by atoms with E-state index in [1.807, 2.05) is 6.07 Å². The molecule has 178 valence electrons. The van der Waals surface area contributed by atoms with Crippen molar-refractivity contribution in [2.75, 3.05) is 38.6 Å². The Hall–Kier alpha value is -2.43. The molecule has 2 aliphatic rings. The second-order valence-electron chi connectivity index (χ2n) is 8.76. The van der Waals surface area contributed by atoms with E-state index in [2.05, 4.69) is 54.8 Å². The number of likely N-dealkylation sites (N-methyl/N-ethyl adjacent to an activating group) is 1. The van der Waals surface area contributed by atoms with Gasteiger partial charge < -0.3 is 20.4 Å². The summed E-state index contributed by atoms with van der Waals surface area (Å²) < 4.78 is 0. The van der Waals surface area contributed by atoms with E-state index in [4.69, 9.17) is 0 Å². The van der Waals surface area contributed by atoms with Gasteiger partial charge in [0, 0.05) is 51.7 Å². The number of aromatic nitrogens is 2. The van der Waals surface area contributed by atoms with E-state index in [1.165, 1.54) is 11.1 Å². The first-order valence-corrected chi connectivity index (χ1v) is 11.4. The number of benzene rings is 1. The highest BCUT2D eigenvalue weighted by atomic mass is 127. The van der Waals surface area contributed by atoms with Gasteiger partial charge in [-0.05, 0) is 49.3 Å². The summed E-state index contributed by atoms with van der Waals surface area (Å²) in [6, 6.07) is 11.1. The molecule has 2 aromatic rings. The van der Waals surface area contributed by atoms with Crippen LogP contribution in [0.15, 0.2) is 47.7 Å². The molecule has 0 spiro atoms. The molecular formula is C24H34IN7O. The summed E-state index contributed by atoms with van der Waals surface area (Å²) in [5.41, 5.74) is 2.84. The molecule has 0 radical (unpaired) electrons. The summed E-state index contributed by atoms with van der Waals surface area (Å²) in [6.07, 6.45) is 8.59. The van der Waals surface area contributed by atoms with Gasteiger partial charge in [-0.2, -0.15) is 0 Å². The monoisotopic (exact) mass is 563 g/mol. The van der Waals surface area contributed by atoms with Gasteiger partial charge in [0.05, 0.1) is 0 Å². The zero-order valence-electron chi connectivity index (χ0n) is 19.4. The number of anilines is 1. The molecule has 33 heavy (non-hydrogen) atoms. The molecule has 2 heterocycles. The van der Waals surface area contributed by atoms with Crippen LogP contribution in [0, 0.1) is 0 Å². The Labute approximate surface area is 213 Å². The van der Waals surface area contributed by atoms with E-state index in [9.17, 15) is 4.79 Å². The summed E-state index contributed by atoms with van der Waals surface area (Å²) in [4.78, 5) is 29.3. The number of amides is 1. The van der Waals surface area contributed by atoms with Crippen LogP contribution in [0.2, 0.25) is 0 Å². The minimum atomic E-state index is -0.00358. The van der Waals surface area contributed by atoms with Crippen LogP contribution >= 0.6 is 24.0 Å². The van der Waals surface area contributed by atoms with E-state index in [1.54, 1.807) is 31.4 Å². The number of aliphatic imine (C=N–C) groups is 1. The fraction of sp³-hybridized carbons (Fsp3) is 0.500. The zero-order valence-corrected chi connectivity index (χ0v) is 21.7. The maximum atomic E-state index is 12.1. The van der Waals surface area contributed by atoms with Gasteiger partial charge in [-0.25, -0.2) is 15.0 Å². The van der Waals surface area contributed by atoms with Gasteiger partial charge in [-0.3, -0.25) is 4.79 Å². The number of nitrogens with one attached hydrogen (secondary N) is 2. The standard InChI is InChI=1S/C24H33N7O.HI/c1-30(2)22(32)17-27-23(29-21-9-8-18-6-3-4-7-19(18)16-21)28-20-10-14-31(15-11-20)24-25-12-5-13-26-24;/h3-7,12-13,20-21H,8-11,14-17H2,1-2H3,(H2,27,28,29);1H. The molecule has 9 heteroatoms. The zero-order chi connectivity index (χ0) is 22.3. The quantitative estimate of drug-likeness (QED) is 0.330. The Morgan fingerprint density at radius 1 is 1.03 bits per heavy atom. The average molecular weight is 563 g/mol. The Morgan fingerprint density at radius 2 is 1.70 bits per heavy atom. The molecule has 4 rings (SSSR count). The number of halogens is 1. The smallest absolute Gasteiger partial charge is 0.243 e. The van der Waals surface area contributed by atoms with Crippen LogP contribution in [0.1, 0.15) is 30.4 Å². The number of nitrogens with zero attached hydrogens (tertiary/aromatic N) is 5. The third kappa shape index (κ3) is 7.02. The number of piperidine rings is 1. The predicted octanol–water partition coefficient (Wildman–Crippen LogP) is 2.24. The molecule has 1 aromatic heterocycles. The Bertz CT molecular complexity index is 929. The van der Waals surface area contributed by atoms with E-state index in [-0.39, 0.29) is 36.4 Å². The molecule has 1 amide bonds. The van der Waals surface area contributed by atoms with Crippen molar-refractivity contribution in [1.29, 1.82) is 0 Å². The third-order valence-corrected chi connectivity index (χ3v) is 6.23. The van der Waals surface area contributed by atoms with E-state index < -0.39 is 0 Å². The van der Waals surface area contributed by atoms with Crippen LogP contribution in [0.4, 0.5) is 5.95 Å². The van der Waals surface area contributed by atoms with Crippen molar-refractivity contribution in [2.24, 2.45) is 4.99 Å². The van der Waals surface area contributed by atoms with Crippen molar-refractivity contribution in [1.82, 2.24) is 25.5 Å². The number of aryl methyl sites for hydroxylation is 1. The number of carbonyl (C=O) groups excluding carboxylic acids is 1. The molecule has 0 bridgehead atoms. The Kier molecular flexibility index (Phi) is 9.28. The van der Waals surface area contributed by atoms with Crippen molar-refractivity contribution in [3.8, 4) is 0 Å². The van der Waals surface area contributed by atoms with Gasteiger partial charge in [0.2, 0.25) is 11.9 Å². The first-order chi connectivity index (χ1) is 15.6. The van der Waals surface area contributed by atoms with E-state index in [0.717, 1.165) is 57.1 Å². The first kappa shape index (κ1) is 25.2. The van der Waals surface area contributed by atoms with Crippen LogP contribution in [0.5, 0.6) is 0 Å². The van der Waals surface area contributed by atoms with Gasteiger partial charge in [-0.15, -0.1) is 24.0 Å². The molecule has 1 aromatic carbocycles. The molecule has 2 N–H and O–H groups in total. The molecule has 1 atom stereocenters. The Balaban J connectivity index is 0.00000306. The van der Waals surface area contributed by atoms with Gasteiger partial charge in [0.15, 0.2) is 5.96 Å². The van der Waals surface area contributed by atoms with Gasteiger partial charge in [0.1, 0.15) is 6.54 Å². The number of carbonyl (C=O) groups is 1. The Morgan fingerprint density at radius 3 is 2.39 bits per heavy atom. The number of rotatable bonds is 5. The number of guanidine groups is 1. The summed E-state index contributed by atoms with van der Waals surface area (Å²) in [7, 11) is 3.52. The third-order valence-electron chi connectivity index (χ3n) is 6.23. The number of hydrogen-bond donors (Lipinski definition) is 2.